The van der Waals surface area contributed by atoms with Gasteiger partial charge >= 0.3 is 5.97 Å². The van der Waals surface area contributed by atoms with Crippen molar-refractivity contribution < 1.29 is 9.53 Å². The molecule has 0 aromatic heterocycles. The first kappa shape index (κ1) is 11.4. The Hall–Kier alpha value is -0.570. The van der Waals surface area contributed by atoms with E-state index >= 15 is 0 Å². The van der Waals surface area contributed by atoms with Crippen molar-refractivity contribution in [3.63, 3.8) is 0 Å². The molecule has 3 heteroatoms. The van der Waals surface area contributed by atoms with Gasteiger partial charge in [0.05, 0.1) is 13.5 Å². The van der Waals surface area contributed by atoms with Gasteiger partial charge in [-0.1, -0.05) is 20.3 Å². The van der Waals surface area contributed by atoms with E-state index in [-0.39, 0.29) is 12.0 Å². The fourth-order valence-corrected chi connectivity index (χ4v) is 1.14. The van der Waals surface area contributed by atoms with Crippen LogP contribution in [0.5, 0.6) is 0 Å². The van der Waals surface area contributed by atoms with Crippen LogP contribution >= 0.6 is 0 Å². The largest absolute Gasteiger partial charge is 0.469 e. The third kappa shape index (κ3) is 3.72. The summed E-state index contributed by atoms with van der Waals surface area (Å²) in [5.41, 5.74) is 0. The third-order valence-electron chi connectivity index (χ3n) is 2.32. The van der Waals surface area contributed by atoms with Crippen LogP contribution in [0.3, 0.4) is 0 Å². The van der Waals surface area contributed by atoms with Gasteiger partial charge in [-0.25, -0.2) is 0 Å². The Labute approximate surface area is 74.5 Å². The maximum atomic E-state index is 10.9. The predicted octanol–water partition coefficient (Wildman–Crippen LogP) is 1.18. The lowest BCUT2D eigenvalue weighted by atomic mass is 9.97. The lowest BCUT2D eigenvalue weighted by Crippen LogP contribution is -2.34. The fourth-order valence-electron chi connectivity index (χ4n) is 1.14. The van der Waals surface area contributed by atoms with E-state index in [9.17, 15) is 4.79 Å². The lowest BCUT2D eigenvalue weighted by Gasteiger charge is -2.20. The molecular weight excluding hydrogens is 154 g/mol. The molecule has 0 spiro atoms. The van der Waals surface area contributed by atoms with Gasteiger partial charge in [0.25, 0.3) is 0 Å². The van der Waals surface area contributed by atoms with Crippen molar-refractivity contribution in [2.24, 2.45) is 5.92 Å². The highest BCUT2D eigenvalue weighted by atomic mass is 16.5. The highest BCUT2D eigenvalue weighted by molar-refractivity contribution is 5.69. The number of nitrogens with one attached hydrogen (secondary N) is 1. The molecule has 0 aliphatic rings. The zero-order valence-electron chi connectivity index (χ0n) is 8.39. The van der Waals surface area contributed by atoms with Gasteiger partial charge < -0.3 is 10.1 Å². The second-order valence-electron chi connectivity index (χ2n) is 3.06. The van der Waals surface area contributed by atoms with Gasteiger partial charge in [-0.3, -0.25) is 4.79 Å². The van der Waals surface area contributed by atoms with Crippen molar-refractivity contribution in [2.45, 2.75) is 32.7 Å². The molecule has 2 unspecified atom stereocenters. The highest BCUT2D eigenvalue weighted by Gasteiger charge is 2.17. The first-order valence-electron chi connectivity index (χ1n) is 4.39. The van der Waals surface area contributed by atoms with Crippen molar-refractivity contribution in [1.29, 1.82) is 0 Å². The number of hydrogen-bond acceptors (Lipinski definition) is 3. The van der Waals surface area contributed by atoms with Gasteiger partial charge in [0, 0.05) is 6.04 Å². The molecular formula is C9H19NO2. The number of ether oxygens (including phenoxy) is 1. The molecule has 0 aliphatic heterocycles. The second-order valence-corrected chi connectivity index (χ2v) is 3.06. The van der Waals surface area contributed by atoms with Crippen LogP contribution in [0.25, 0.3) is 0 Å². The van der Waals surface area contributed by atoms with Gasteiger partial charge in [-0.15, -0.1) is 0 Å². The summed E-state index contributed by atoms with van der Waals surface area (Å²) in [6, 6.07) is 0.238. The Balaban J connectivity index is 3.90. The van der Waals surface area contributed by atoms with E-state index < -0.39 is 0 Å². The minimum absolute atomic E-state index is 0.144. The van der Waals surface area contributed by atoms with Crippen molar-refractivity contribution in [3.8, 4) is 0 Å². The summed E-state index contributed by atoms with van der Waals surface area (Å²) in [7, 11) is 3.30. The van der Waals surface area contributed by atoms with Crippen LogP contribution in [-0.2, 0) is 9.53 Å². The molecule has 12 heavy (non-hydrogen) atoms. The van der Waals surface area contributed by atoms with Crippen LogP contribution in [0.4, 0.5) is 0 Å². The summed E-state index contributed by atoms with van der Waals surface area (Å²) in [4.78, 5) is 10.9. The molecule has 2 atom stereocenters. The number of hydrogen-bond donors (Lipinski definition) is 1. The van der Waals surface area contributed by atoms with Crippen molar-refractivity contribution >= 4 is 5.97 Å². The van der Waals surface area contributed by atoms with Crippen LogP contribution in [0, 0.1) is 5.92 Å². The van der Waals surface area contributed by atoms with Gasteiger partial charge in [0.1, 0.15) is 0 Å². The molecule has 0 rings (SSSR count). The number of esters is 1. The average Bonchev–Trinajstić information content (AvgIpc) is 2.12. The maximum Gasteiger partial charge on any atom is 0.307 e. The summed E-state index contributed by atoms with van der Waals surface area (Å²) < 4.78 is 4.60. The predicted molar refractivity (Wildman–Crippen MR) is 48.9 cm³/mol. The third-order valence-corrected chi connectivity index (χ3v) is 2.32. The van der Waals surface area contributed by atoms with E-state index in [1.807, 2.05) is 7.05 Å². The van der Waals surface area contributed by atoms with Crippen molar-refractivity contribution in [1.82, 2.24) is 5.32 Å². The van der Waals surface area contributed by atoms with E-state index in [4.69, 9.17) is 0 Å². The van der Waals surface area contributed by atoms with E-state index in [1.165, 1.54) is 7.11 Å². The van der Waals surface area contributed by atoms with E-state index in [0.717, 1.165) is 6.42 Å². The van der Waals surface area contributed by atoms with Gasteiger partial charge in [-0.05, 0) is 13.0 Å². The molecule has 0 heterocycles. The van der Waals surface area contributed by atoms with Crippen LogP contribution < -0.4 is 5.32 Å². The van der Waals surface area contributed by atoms with Crippen molar-refractivity contribution in [3.05, 3.63) is 0 Å². The standard InChI is InChI=1S/C9H19NO2/c1-5-7(2)8(10-3)6-9(11)12-4/h7-8,10H,5-6H2,1-4H3. The molecule has 0 radical (unpaired) electrons. The maximum absolute atomic E-state index is 10.9. The van der Waals surface area contributed by atoms with Gasteiger partial charge in [0.15, 0.2) is 0 Å². The summed E-state index contributed by atoms with van der Waals surface area (Å²) in [6.07, 6.45) is 1.53. The molecule has 0 aromatic rings. The number of carbonyl (C=O) groups is 1. The molecule has 0 saturated heterocycles. The molecule has 0 aliphatic carbocycles. The minimum Gasteiger partial charge on any atom is -0.469 e. The van der Waals surface area contributed by atoms with E-state index in [1.54, 1.807) is 0 Å². The van der Waals surface area contributed by atoms with Crippen LogP contribution in [0.1, 0.15) is 26.7 Å². The molecule has 0 bridgehead atoms. The van der Waals surface area contributed by atoms with Gasteiger partial charge in [0.2, 0.25) is 0 Å². The Morgan fingerprint density at radius 3 is 2.50 bits per heavy atom. The smallest absolute Gasteiger partial charge is 0.307 e. The number of methoxy groups -OCH3 is 1. The molecule has 72 valence electrons. The lowest BCUT2D eigenvalue weighted by molar-refractivity contribution is -0.141. The Morgan fingerprint density at radius 1 is 1.58 bits per heavy atom. The summed E-state index contributed by atoms with van der Waals surface area (Å²) in [6.45, 7) is 4.25. The Kier molecular flexibility index (Phi) is 5.72. The average molecular weight is 173 g/mol. The molecule has 0 fully saturated rings. The van der Waals surface area contributed by atoms with E-state index in [0.29, 0.717) is 12.3 Å². The molecule has 3 nitrogen and oxygen atoms in total. The van der Waals surface area contributed by atoms with Crippen LogP contribution in [0.15, 0.2) is 0 Å². The first-order valence-corrected chi connectivity index (χ1v) is 4.39. The monoisotopic (exact) mass is 173 g/mol. The SMILES string of the molecule is CCC(C)C(CC(=O)OC)NC. The molecule has 1 N–H and O–H groups in total. The second kappa shape index (κ2) is 6.00. The zero-order chi connectivity index (χ0) is 9.56. The highest BCUT2D eigenvalue weighted by Crippen LogP contribution is 2.10. The number of carbonyl (C=O) groups excluding carboxylic acids is 1. The van der Waals surface area contributed by atoms with Gasteiger partial charge in [-0.2, -0.15) is 0 Å². The van der Waals surface area contributed by atoms with Crippen LogP contribution in [0.2, 0.25) is 0 Å². The quantitative estimate of drug-likeness (QED) is 0.634. The fraction of sp³-hybridized carbons (Fsp3) is 0.889. The van der Waals surface area contributed by atoms with E-state index in [2.05, 4.69) is 23.9 Å². The summed E-state index contributed by atoms with van der Waals surface area (Å²) in [5.74, 6) is 0.365. The molecule has 0 aromatic carbocycles. The first-order chi connectivity index (χ1) is 5.65. The Bertz CT molecular complexity index is 136. The Morgan fingerprint density at radius 2 is 2.17 bits per heavy atom. The molecule has 0 saturated carbocycles. The summed E-state index contributed by atoms with van der Waals surface area (Å²) in [5, 5.41) is 3.12. The zero-order valence-corrected chi connectivity index (χ0v) is 8.39. The molecule has 0 amide bonds. The topological polar surface area (TPSA) is 38.3 Å². The number of rotatable bonds is 5. The minimum atomic E-state index is -0.144. The van der Waals surface area contributed by atoms with Crippen LogP contribution in [-0.4, -0.2) is 26.2 Å². The normalized spacial score (nSPS) is 15.3. The van der Waals surface area contributed by atoms with Crippen molar-refractivity contribution in [2.75, 3.05) is 14.2 Å². The summed E-state index contributed by atoms with van der Waals surface area (Å²) >= 11 is 0.